The van der Waals surface area contributed by atoms with Crippen LogP contribution in [0.15, 0.2) is 28.4 Å². The van der Waals surface area contributed by atoms with Crippen LogP contribution in [0.3, 0.4) is 0 Å². The molecule has 0 saturated carbocycles. The van der Waals surface area contributed by atoms with Gasteiger partial charge in [0.15, 0.2) is 11.5 Å². The van der Waals surface area contributed by atoms with Crippen molar-refractivity contribution in [2.45, 2.75) is 5.92 Å². The van der Waals surface area contributed by atoms with Crippen molar-refractivity contribution in [2.75, 3.05) is 27.3 Å². The number of benzene rings is 1. The number of methoxy groups -OCH3 is 2. The number of hydrogen-bond acceptors (Lipinski definition) is 4. The summed E-state index contributed by atoms with van der Waals surface area (Å²) in [7, 11) is 3.09. The molecule has 0 radical (unpaired) electrons. The lowest BCUT2D eigenvalue weighted by atomic mass is 9.99. The van der Waals surface area contributed by atoms with Crippen molar-refractivity contribution in [1.82, 2.24) is 0 Å². The second-order valence-electron chi connectivity index (χ2n) is 3.64. The zero-order valence-electron chi connectivity index (χ0n) is 10.7. The Balaban J connectivity index is 3.06. The van der Waals surface area contributed by atoms with Crippen LogP contribution in [-0.2, 0) is 0 Å². The SMILES string of the molecule is COc1ccc(C(CN=[N+]=[N-])CN=[N+]=[N-])cc1OC. The first kappa shape index (κ1) is 14.5. The van der Waals surface area contributed by atoms with E-state index in [9.17, 15) is 0 Å². The number of nitrogens with zero attached hydrogens (tertiary/aromatic N) is 6. The highest BCUT2D eigenvalue weighted by molar-refractivity contribution is 5.44. The Kier molecular flexibility index (Phi) is 5.88. The highest BCUT2D eigenvalue weighted by Crippen LogP contribution is 2.31. The van der Waals surface area contributed by atoms with E-state index in [2.05, 4.69) is 20.1 Å². The van der Waals surface area contributed by atoms with Crippen LogP contribution in [0.25, 0.3) is 20.9 Å². The number of rotatable bonds is 7. The first-order valence-corrected chi connectivity index (χ1v) is 5.50. The molecule has 100 valence electrons. The molecule has 0 saturated heterocycles. The Morgan fingerprint density at radius 3 is 2.11 bits per heavy atom. The summed E-state index contributed by atoms with van der Waals surface area (Å²) in [5.74, 6) is 0.996. The van der Waals surface area contributed by atoms with E-state index >= 15 is 0 Å². The Morgan fingerprint density at radius 1 is 1.05 bits per heavy atom. The van der Waals surface area contributed by atoms with E-state index in [1.807, 2.05) is 6.07 Å². The molecule has 8 heteroatoms. The third-order valence-electron chi connectivity index (χ3n) is 2.61. The van der Waals surface area contributed by atoms with Crippen LogP contribution < -0.4 is 9.47 Å². The quantitative estimate of drug-likeness (QED) is 0.425. The van der Waals surface area contributed by atoms with Crippen molar-refractivity contribution in [1.29, 1.82) is 0 Å². The van der Waals surface area contributed by atoms with Crippen LogP contribution >= 0.6 is 0 Å². The zero-order chi connectivity index (χ0) is 14.1. The largest absolute Gasteiger partial charge is 0.493 e. The van der Waals surface area contributed by atoms with Crippen LogP contribution in [0.1, 0.15) is 11.5 Å². The van der Waals surface area contributed by atoms with E-state index in [4.69, 9.17) is 20.5 Å². The molecule has 0 atom stereocenters. The highest BCUT2D eigenvalue weighted by atomic mass is 16.5. The fourth-order valence-corrected chi connectivity index (χ4v) is 1.65. The molecule has 0 aliphatic rings. The summed E-state index contributed by atoms with van der Waals surface area (Å²) in [6.07, 6.45) is 0. The first-order valence-electron chi connectivity index (χ1n) is 5.50. The zero-order valence-corrected chi connectivity index (χ0v) is 10.7. The molecular formula is C11H14N6O2. The monoisotopic (exact) mass is 262 g/mol. The minimum atomic E-state index is -0.188. The maximum absolute atomic E-state index is 8.38. The molecule has 1 rings (SSSR count). The van der Waals surface area contributed by atoms with Gasteiger partial charge >= 0.3 is 0 Å². The van der Waals surface area contributed by atoms with Crippen molar-refractivity contribution in [3.63, 3.8) is 0 Å². The standard InChI is InChI=1S/C11H14N6O2/c1-18-10-4-3-8(5-11(10)19-2)9(6-14-16-12)7-15-17-13/h3-5,9H,6-7H2,1-2H3. The van der Waals surface area contributed by atoms with E-state index in [0.29, 0.717) is 11.5 Å². The van der Waals surface area contributed by atoms with Crippen LogP contribution in [0.5, 0.6) is 11.5 Å². The third kappa shape index (κ3) is 3.99. The minimum Gasteiger partial charge on any atom is -0.493 e. The van der Waals surface area contributed by atoms with Gasteiger partial charge in [-0.25, -0.2) is 0 Å². The van der Waals surface area contributed by atoms with Crippen LogP contribution in [-0.4, -0.2) is 27.3 Å². The lowest BCUT2D eigenvalue weighted by Gasteiger charge is -2.15. The van der Waals surface area contributed by atoms with E-state index in [0.717, 1.165) is 5.56 Å². The van der Waals surface area contributed by atoms with Crippen LogP contribution in [0, 0.1) is 0 Å². The summed E-state index contributed by atoms with van der Waals surface area (Å²) in [5.41, 5.74) is 17.6. The maximum Gasteiger partial charge on any atom is 0.160 e. The Bertz CT molecular complexity index is 500. The molecule has 0 bridgehead atoms. The van der Waals surface area contributed by atoms with E-state index in [1.54, 1.807) is 19.2 Å². The van der Waals surface area contributed by atoms with Crippen molar-refractivity contribution >= 4 is 0 Å². The van der Waals surface area contributed by atoms with Gasteiger partial charge in [0.1, 0.15) is 0 Å². The predicted octanol–water partition coefficient (Wildman–Crippen LogP) is 3.41. The molecule has 0 N–H and O–H groups in total. The van der Waals surface area contributed by atoms with Gasteiger partial charge in [0.25, 0.3) is 0 Å². The van der Waals surface area contributed by atoms with Gasteiger partial charge in [0.2, 0.25) is 0 Å². The predicted molar refractivity (Wildman–Crippen MR) is 70.3 cm³/mol. The second-order valence-corrected chi connectivity index (χ2v) is 3.64. The van der Waals surface area contributed by atoms with Gasteiger partial charge in [-0.15, -0.1) is 0 Å². The van der Waals surface area contributed by atoms with E-state index in [1.165, 1.54) is 7.11 Å². The Hall–Kier alpha value is -2.56. The summed E-state index contributed by atoms with van der Waals surface area (Å²) in [4.78, 5) is 5.44. The van der Waals surface area contributed by atoms with Gasteiger partial charge in [-0.05, 0) is 34.7 Å². The first-order chi connectivity index (χ1) is 9.26. The lowest BCUT2D eigenvalue weighted by Crippen LogP contribution is -2.06. The molecule has 1 aromatic rings. The fourth-order valence-electron chi connectivity index (χ4n) is 1.65. The second kappa shape index (κ2) is 7.71. The highest BCUT2D eigenvalue weighted by Gasteiger charge is 2.13. The number of hydrogen-bond donors (Lipinski definition) is 0. The minimum absolute atomic E-state index is 0.188. The van der Waals surface area contributed by atoms with Crippen LogP contribution in [0.4, 0.5) is 0 Å². The number of azide groups is 2. The van der Waals surface area contributed by atoms with Crippen molar-refractivity contribution in [3.8, 4) is 11.5 Å². The molecular weight excluding hydrogens is 248 g/mol. The lowest BCUT2D eigenvalue weighted by molar-refractivity contribution is 0.354. The molecule has 0 heterocycles. The van der Waals surface area contributed by atoms with Gasteiger partial charge in [0.05, 0.1) is 14.2 Å². The summed E-state index contributed by atoms with van der Waals surface area (Å²) in [6, 6.07) is 5.36. The van der Waals surface area contributed by atoms with Gasteiger partial charge in [-0.1, -0.05) is 16.3 Å². The third-order valence-corrected chi connectivity index (χ3v) is 2.61. The topological polar surface area (TPSA) is 116 Å². The number of ether oxygens (including phenoxy) is 2. The molecule has 0 aromatic heterocycles. The fraction of sp³-hybridized carbons (Fsp3) is 0.455. The van der Waals surface area contributed by atoms with E-state index < -0.39 is 0 Å². The molecule has 0 spiro atoms. The Morgan fingerprint density at radius 2 is 1.63 bits per heavy atom. The summed E-state index contributed by atoms with van der Waals surface area (Å²) >= 11 is 0. The molecule has 19 heavy (non-hydrogen) atoms. The van der Waals surface area contributed by atoms with Crippen molar-refractivity contribution < 1.29 is 9.47 Å². The molecule has 0 aliphatic carbocycles. The average molecular weight is 262 g/mol. The summed E-state index contributed by atoms with van der Waals surface area (Å²) in [5, 5.41) is 7.05. The van der Waals surface area contributed by atoms with Crippen molar-refractivity contribution in [3.05, 3.63) is 44.6 Å². The summed E-state index contributed by atoms with van der Waals surface area (Å²) < 4.78 is 10.3. The van der Waals surface area contributed by atoms with Crippen molar-refractivity contribution in [2.24, 2.45) is 10.2 Å². The van der Waals surface area contributed by atoms with Crippen LogP contribution in [0.2, 0.25) is 0 Å². The maximum atomic E-state index is 8.38. The average Bonchev–Trinajstić information content (AvgIpc) is 2.46. The smallest absolute Gasteiger partial charge is 0.160 e. The molecule has 8 nitrogen and oxygen atoms in total. The van der Waals surface area contributed by atoms with Gasteiger partial charge in [-0.3, -0.25) is 0 Å². The molecule has 0 amide bonds. The molecule has 1 aromatic carbocycles. The molecule has 0 unspecified atom stereocenters. The molecule has 0 fully saturated rings. The van der Waals surface area contributed by atoms with Gasteiger partial charge in [-0.2, -0.15) is 0 Å². The Labute approximate surface area is 110 Å². The normalized spacial score (nSPS) is 10.8. The summed E-state index contributed by atoms with van der Waals surface area (Å²) in [6.45, 7) is 0.427. The van der Waals surface area contributed by atoms with E-state index in [-0.39, 0.29) is 19.0 Å². The molecule has 0 aliphatic heterocycles. The van der Waals surface area contributed by atoms with Gasteiger partial charge < -0.3 is 9.47 Å². The van der Waals surface area contributed by atoms with Gasteiger partial charge in [0, 0.05) is 22.9 Å².